The molecule has 4 nitrogen and oxygen atoms in total. The Kier molecular flexibility index (Phi) is 6.23. The summed E-state index contributed by atoms with van der Waals surface area (Å²) in [5.41, 5.74) is 0. The molecular formula is C15H20BrNO3S. The summed E-state index contributed by atoms with van der Waals surface area (Å²) in [7, 11) is -1.14. The molecule has 4 atom stereocenters. The molecule has 0 unspecified atom stereocenters. The van der Waals surface area contributed by atoms with E-state index in [4.69, 9.17) is 4.74 Å². The van der Waals surface area contributed by atoms with E-state index in [1.165, 1.54) is 0 Å². The maximum atomic E-state index is 12.4. The van der Waals surface area contributed by atoms with Crippen LogP contribution in [0.3, 0.4) is 0 Å². The first kappa shape index (κ1) is 16.5. The fourth-order valence-corrected chi connectivity index (χ4v) is 4.52. The Bertz CT molecular complexity index is 497. The van der Waals surface area contributed by atoms with Crippen molar-refractivity contribution in [3.63, 3.8) is 0 Å². The van der Waals surface area contributed by atoms with Gasteiger partial charge in [0.1, 0.15) is 6.10 Å². The molecule has 0 saturated carbocycles. The van der Waals surface area contributed by atoms with Gasteiger partial charge in [-0.1, -0.05) is 47.5 Å². The van der Waals surface area contributed by atoms with Crippen LogP contribution < -0.4 is 5.32 Å². The minimum Gasteiger partial charge on any atom is -0.445 e. The summed E-state index contributed by atoms with van der Waals surface area (Å²) in [6.45, 7) is 2.11. The second-order valence-corrected chi connectivity index (χ2v) is 7.66. The molecule has 1 aliphatic heterocycles. The van der Waals surface area contributed by atoms with Gasteiger partial charge in [0.05, 0.1) is 21.7 Å². The fourth-order valence-electron chi connectivity index (χ4n) is 2.32. The van der Waals surface area contributed by atoms with Crippen molar-refractivity contribution >= 4 is 32.8 Å². The van der Waals surface area contributed by atoms with Gasteiger partial charge in [-0.05, 0) is 25.0 Å². The Morgan fingerprint density at radius 1 is 1.33 bits per heavy atom. The Morgan fingerprint density at radius 2 is 2.05 bits per heavy atom. The third kappa shape index (κ3) is 4.54. The second kappa shape index (κ2) is 7.94. The van der Waals surface area contributed by atoms with E-state index in [2.05, 4.69) is 28.2 Å². The third-order valence-corrected chi connectivity index (χ3v) is 6.17. The smallest absolute Gasteiger partial charge is 0.407 e. The molecule has 1 saturated heterocycles. The molecule has 6 heteroatoms. The monoisotopic (exact) mass is 373 g/mol. The van der Waals surface area contributed by atoms with Crippen molar-refractivity contribution in [2.24, 2.45) is 0 Å². The number of ether oxygens (including phenoxy) is 1. The summed E-state index contributed by atoms with van der Waals surface area (Å²) in [4.78, 5) is 12.4. The van der Waals surface area contributed by atoms with E-state index in [0.29, 0.717) is 5.75 Å². The lowest BCUT2D eigenvalue weighted by Crippen LogP contribution is -2.55. The van der Waals surface area contributed by atoms with E-state index >= 15 is 0 Å². The minimum absolute atomic E-state index is 0.0191. The lowest BCUT2D eigenvalue weighted by molar-refractivity contribution is 0.0622. The first-order chi connectivity index (χ1) is 10.1. The summed E-state index contributed by atoms with van der Waals surface area (Å²) in [6, 6.07) is 9.13. The molecule has 1 amide bonds. The maximum Gasteiger partial charge on any atom is 0.407 e. The molecule has 1 aromatic rings. The number of alkyl halides is 1. The average Bonchev–Trinajstić information content (AvgIpc) is 2.50. The second-order valence-electron chi connectivity index (χ2n) is 5.11. The lowest BCUT2D eigenvalue weighted by atomic mass is 10.0. The molecule has 0 radical (unpaired) electrons. The van der Waals surface area contributed by atoms with Crippen LogP contribution in [0.25, 0.3) is 0 Å². The molecule has 1 heterocycles. The van der Waals surface area contributed by atoms with Gasteiger partial charge in [0.2, 0.25) is 0 Å². The zero-order valence-corrected chi connectivity index (χ0v) is 14.4. The highest BCUT2D eigenvalue weighted by molar-refractivity contribution is 9.09. The molecule has 0 bridgehead atoms. The highest BCUT2D eigenvalue weighted by Crippen LogP contribution is 2.24. The van der Waals surface area contributed by atoms with E-state index in [9.17, 15) is 9.00 Å². The number of halogens is 1. The van der Waals surface area contributed by atoms with E-state index < -0.39 is 16.9 Å². The zero-order valence-electron chi connectivity index (χ0n) is 12.0. The van der Waals surface area contributed by atoms with Crippen molar-refractivity contribution in [2.75, 3.05) is 5.75 Å². The molecule has 0 aliphatic carbocycles. The highest BCUT2D eigenvalue weighted by Gasteiger charge is 2.37. The van der Waals surface area contributed by atoms with Crippen LogP contribution in [0.15, 0.2) is 35.2 Å². The molecule has 2 rings (SSSR count). The van der Waals surface area contributed by atoms with Crippen LogP contribution in [0.5, 0.6) is 0 Å². The third-order valence-electron chi connectivity index (χ3n) is 3.48. The minimum atomic E-state index is -1.14. The number of amides is 1. The van der Waals surface area contributed by atoms with Gasteiger partial charge >= 0.3 is 6.09 Å². The van der Waals surface area contributed by atoms with E-state index in [1.54, 1.807) is 0 Å². The Hall–Kier alpha value is -0.880. The summed E-state index contributed by atoms with van der Waals surface area (Å²) in [6.07, 6.45) is 2.32. The number of unbranched alkanes of at least 4 members (excludes halogenated alkanes) is 1. The molecular weight excluding hydrogens is 354 g/mol. The first-order valence-electron chi connectivity index (χ1n) is 7.16. The van der Waals surface area contributed by atoms with Crippen LogP contribution in [-0.2, 0) is 15.5 Å². The van der Waals surface area contributed by atoms with E-state index in [0.717, 1.165) is 24.2 Å². The van der Waals surface area contributed by atoms with Gasteiger partial charge < -0.3 is 10.1 Å². The van der Waals surface area contributed by atoms with Crippen molar-refractivity contribution < 1.29 is 13.7 Å². The van der Waals surface area contributed by atoms with E-state index in [1.807, 2.05) is 30.3 Å². The number of nitrogens with one attached hydrogen (secondary N) is 1. The van der Waals surface area contributed by atoms with Crippen molar-refractivity contribution in [2.45, 2.75) is 48.1 Å². The zero-order chi connectivity index (χ0) is 15.2. The fraction of sp³-hybridized carbons (Fsp3) is 0.533. The summed E-state index contributed by atoms with van der Waals surface area (Å²) in [5, 5.41) is 2.77. The molecule has 116 valence electrons. The first-order valence-corrected chi connectivity index (χ1v) is 9.40. The topological polar surface area (TPSA) is 55.4 Å². The van der Waals surface area contributed by atoms with Crippen molar-refractivity contribution in [1.29, 1.82) is 0 Å². The van der Waals surface area contributed by atoms with Gasteiger partial charge in [-0.2, -0.15) is 0 Å². The van der Waals surface area contributed by atoms with Gasteiger partial charge in [0, 0.05) is 10.6 Å². The standard InChI is InChI=1S/C15H20BrNO3S/c1-2-3-9-13-14(16)12(17-15(18)20-13)10-21(19)11-7-5-4-6-8-11/h4-8,12-14H,2-3,9-10H2,1H3,(H,17,18)/t12-,13+,14+,21-/m0/s1. The molecule has 0 aromatic heterocycles. The molecule has 21 heavy (non-hydrogen) atoms. The van der Waals surface area contributed by atoms with Gasteiger partial charge in [0.25, 0.3) is 0 Å². The highest BCUT2D eigenvalue weighted by atomic mass is 79.9. The van der Waals surface area contributed by atoms with Crippen LogP contribution in [-0.4, -0.2) is 33.0 Å². The van der Waals surface area contributed by atoms with Gasteiger partial charge in [-0.3, -0.25) is 4.21 Å². The van der Waals surface area contributed by atoms with Gasteiger partial charge in [0.15, 0.2) is 0 Å². The van der Waals surface area contributed by atoms with Gasteiger partial charge in [-0.25, -0.2) is 4.79 Å². The number of carbonyl (C=O) groups is 1. The number of carbonyl (C=O) groups excluding carboxylic acids is 1. The predicted molar refractivity (Wildman–Crippen MR) is 87.2 cm³/mol. The summed E-state index contributed by atoms with van der Waals surface area (Å²) in [5.74, 6) is 0.387. The van der Waals surface area contributed by atoms with Crippen molar-refractivity contribution in [1.82, 2.24) is 5.32 Å². The van der Waals surface area contributed by atoms with Crippen LogP contribution in [0, 0.1) is 0 Å². The predicted octanol–water partition coefficient (Wildman–Crippen LogP) is 3.22. The molecule has 1 N–H and O–H groups in total. The number of benzene rings is 1. The molecule has 0 spiro atoms. The SMILES string of the molecule is CCCC[C@H]1OC(=O)N[C@@H](C[S@](=O)c2ccccc2)[C@H]1Br. The number of rotatable bonds is 6. The van der Waals surface area contributed by atoms with Crippen LogP contribution in [0.1, 0.15) is 26.2 Å². The quantitative estimate of drug-likeness (QED) is 0.778. The number of hydrogen-bond donors (Lipinski definition) is 1. The van der Waals surface area contributed by atoms with Crippen LogP contribution in [0.2, 0.25) is 0 Å². The number of cyclic esters (lactones) is 1. The molecule has 1 aliphatic rings. The Labute approximate surface area is 136 Å². The lowest BCUT2D eigenvalue weighted by Gasteiger charge is -2.34. The van der Waals surface area contributed by atoms with Crippen LogP contribution >= 0.6 is 15.9 Å². The summed E-state index contributed by atoms with van der Waals surface area (Å²) < 4.78 is 17.7. The Morgan fingerprint density at radius 3 is 2.71 bits per heavy atom. The summed E-state index contributed by atoms with van der Waals surface area (Å²) >= 11 is 3.61. The van der Waals surface area contributed by atoms with Crippen molar-refractivity contribution in [3.8, 4) is 0 Å². The number of hydrogen-bond acceptors (Lipinski definition) is 3. The van der Waals surface area contributed by atoms with Gasteiger partial charge in [-0.15, -0.1) is 0 Å². The Balaban J connectivity index is 2.01. The largest absolute Gasteiger partial charge is 0.445 e. The maximum absolute atomic E-state index is 12.4. The molecule has 1 aromatic carbocycles. The normalized spacial score (nSPS) is 26.8. The van der Waals surface area contributed by atoms with E-state index in [-0.39, 0.29) is 17.0 Å². The number of alkyl carbamates (subject to hydrolysis) is 1. The molecule has 1 fully saturated rings. The average molecular weight is 374 g/mol. The van der Waals surface area contributed by atoms with Crippen molar-refractivity contribution in [3.05, 3.63) is 30.3 Å². The van der Waals surface area contributed by atoms with Crippen LogP contribution in [0.4, 0.5) is 4.79 Å².